The SMILES string of the molecule is CN1C(=O)N(C)[C@]2(c3ccccc3)NNC(=S)N[C@]12c1ccccc1. The van der Waals surface area contributed by atoms with Gasteiger partial charge in [-0.1, -0.05) is 60.7 Å². The van der Waals surface area contributed by atoms with Crippen molar-refractivity contribution in [2.45, 2.75) is 11.3 Å². The minimum Gasteiger partial charge on any atom is -0.332 e. The number of thiocarbonyl (C=S) groups is 1. The number of hydrazine groups is 1. The van der Waals surface area contributed by atoms with Crippen LogP contribution in [0.15, 0.2) is 60.7 Å². The lowest BCUT2D eigenvalue weighted by atomic mass is 9.80. The van der Waals surface area contributed by atoms with Crippen LogP contribution < -0.4 is 16.2 Å². The Morgan fingerprint density at radius 1 is 0.840 bits per heavy atom. The molecule has 128 valence electrons. The van der Waals surface area contributed by atoms with Crippen molar-refractivity contribution < 1.29 is 4.79 Å². The molecule has 6 nitrogen and oxygen atoms in total. The maximum atomic E-state index is 13.0. The summed E-state index contributed by atoms with van der Waals surface area (Å²) in [5.74, 6) is 0. The minimum absolute atomic E-state index is 0.112. The summed E-state index contributed by atoms with van der Waals surface area (Å²) in [5.41, 5.74) is 6.43. The molecule has 3 N–H and O–H groups in total. The Morgan fingerprint density at radius 3 is 1.88 bits per heavy atom. The van der Waals surface area contributed by atoms with Crippen LogP contribution in [0.3, 0.4) is 0 Å². The van der Waals surface area contributed by atoms with Gasteiger partial charge >= 0.3 is 6.03 Å². The first-order valence-electron chi connectivity index (χ1n) is 8.02. The van der Waals surface area contributed by atoms with Crippen molar-refractivity contribution in [2.24, 2.45) is 0 Å². The maximum absolute atomic E-state index is 13.0. The first-order chi connectivity index (χ1) is 12.0. The highest BCUT2D eigenvalue weighted by Gasteiger charge is 2.69. The summed E-state index contributed by atoms with van der Waals surface area (Å²) in [6.07, 6.45) is 0. The molecule has 0 aliphatic carbocycles. The van der Waals surface area contributed by atoms with Gasteiger partial charge in [-0.15, -0.1) is 0 Å². The Balaban J connectivity index is 2.06. The van der Waals surface area contributed by atoms with Gasteiger partial charge in [-0.05, 0) is 17.8 Å². The third-order valence-electron chi connectivity index (χ3n) is 5.14. The molecular formula is C18H19N5OS. The van der Waals surface area contributed by atoms with Gasteiger partial charge in [0.2, 0.25) is 0 Å². The molecule has 2 amide bonds. The van der Waals surface area contributed by atoms with E-state index >= 15 is 0 Å². The number of amides is 2. The van der Waals surface area contributed by atoms with Crippen molar-refractivity contribution in [3.8, 4) is 0 Å². The van der Waals surface area contributed by atoms with E-state index in [4.69, 9.17) is 12.2 Å². The Bertz CT molecular complexity index is 830. The van der Waals surface area contributed by atoms with Gasteiger partial charge in [0.1, 0.15) is 0 Å². The quantitative estimate of drug-likeness (QED) is 0.717. The van der Waals surface area contributed by atoms with Gasteiger partial charge in [-0.25, -0.2) is 10.2 Å². The van der Waals surface area contributed by atoms with Crippen molar-refractivity contribution in [2.75, 3.05) is 14.1 Å². The topological polar surface area (TPSA) is 59.6 Å². The molecule has 2 atom stereocenters. The third kappa shape index (κ3) is 1.87. The molecule has 0 saturated carbocycles. The molecule has 2 aliphatic rings. The summed E-state index contributed by atoms with van der Waals surface area (Å²) >= 11 is 5.39. The molecule has 0 aromatic heterocycles. The van der Waals surface area contributed by atoms with E-state index in [1.54, 1.807) is 23.9 Å². The summed E-state index contributed by atoms with van der Waals surface area (Å²) in [4.78, 5) is 16.4. The van der Waals surface area contributed by atoms with Crippen LogP contribution in [-0.4, -0.2) is 35.0 Å². The van der Waals surface area contributed by atoms with Crippen LogP contribution in [0.2, 0.25) is 0 Å². The van der Waals surface area contributed by atoms with Crippen molar-refractivity contribution >= 4 is 23.4 Å². The van der Waals surface area contributed by atoms with Gasteiger partial charge in [-0.2, -0.15) is 0 Å². The molecule has 2 aromatic rings. The zero-order valence-corrected chi connectivity index (χ0v) is 14.8. The van der Waals surface area contributed by atoms with Gasteiger partial charge in [0, 0.05) is 19.7 Å². The molecular weight excluding hydrogens is 334 g/mol. The number of hydrogen-bond acceptors (Lipinski definition) is 3. The Morgan fingerprint density at radius 2 is 1.32 bits per heavy atom. The summed E-state index contributed by atoms with van der Waals surface area (Å²) in [6, 6.07) is 19.7. The predicted octanol–water partition coefficient (Wildman–Crippen LogP) is 1.67. The number of carbonyl (C=O) groups is 1. The van der Waals surface area contributed by atoms with Gasteiger partial charge in [0.15, 0.2) is 16.4 Å². The van der Waals surface area contributed by atoms with Crippen molar-refractivity contribution in [1.29, 1.82) is 0 Å². The predicted molar refractivity (Wildman–Crippen MR) is 99.2 cm³/mol. The Kier molecular flexibility index (Phi) is 3.45. The fourth-order valence-electron chi connectivity index (χ4n) is 4.00. The lowest BCUT2D eigenvalue weighted by Crippen LogP contribution is -2.79. The van der Waals surface area contributed by atoms with Gasteiger partial charge in [0.05, 0.1) is 0 Å². The van der Waals surface area contributed by atoms with Crippen LogP contribution in [-0.2, 0) is 11.3 Å². The molecule has 0 unspecified atom stereocenters. The van der Waals surface area contributed by atoms with Crippen LogP contribution in [0, 0.1) is 0 Å². The summed E-state index contributed by atoms with van der Waals surface area (Å²) in [6.45, 7) is 0. The molecule has 2 heterocycles. The van der Waals surface area contributed by atoms with Gasteiger partial charge in [0.25, 0.3) is 0 Å². The number of fused-ring (bicyclic) bond motifs is 1. The number of rotatable bonds is 2. The van der Waals surface area contributed by atoms with E-state index in [0.717, 1.165) is 11.1 Å². The average Bonchev–Trinajstić information content (AvgIpc) is 2.83. The van der Waals surface area contributed by atoms with Crippen LogP contribution in [0.25, 0.3) is 0 Å². The fourth-order valence-corrected chi connectivity index (χ4v) is 4.20. The first kappa shape index (κ1) is 15.9. The standard InChI is InChI=1S/C18H19N5OS/c1-22-16(24)23(2)18(14-11-7-4-8-12-14)17(22,19-15(25)20-21-18)13-9-5-3-6-10-13/h3-12,21H,1-2H3,(H2,19,20,25)/t17-,18+/m1/s1. The second kappa shape index (κ2) is 5.44. The lowest BCUT2D eigenvalue weighted by Gasteiger charge is -2.53. The maximum Gasteiger partial charge on any atom is 0.323 e. The monoisotopic (exact) mass is 353 g/mol. The Labute approximate surface area is 151 Å². The number of benzene rings is 2. The van der Waals surface area contributed by atoms with Crippen LogP contribution in [0.1, 0.15) is 11.1 Å². The average molecular weight is 353 g/mol. The number of nitrogens with one attached hydrogen (secondary N) is 3. The molecule has 7 heteroatoms. The fraction of sp³-hybridized carbons (Fsp3) is 0.222. The number of nitrogens with zero attached hydrogens (tertiary/aromatic N) is 2. The summed E-state index contributed by atoms with van der Waals surface area (Å²) < 4.78 is 0. The van der Waals surface area contributed by atoms with E-state index < -0.39 is 11.3 Å². The molecule has 25 heavy (non-hydrogen) atoms. The lowest BCUT2D eigenvalue weighted by molar-refractivity contribution is -0.00693. The highest BCUT2D eigenvalue weighted by Crippen LogP contribution is 2.50. The van der Waals surface area contributed by atoms with E-state index in [-0.39, 0.29) is 6.03 Å². The van der Waals surface area contributed by atoms with Gasteiger partial charge in [-0.3, -0.25) is 15.2 Å². The first-order valence-corrected chi connectivity index (χ1v) is 8.43. The van der Waals surface area contributed by atoms with E-state index in [1.165, 1.54) is 0 Å². The molecule has 2 aromatic carbocycles. The van der Waals surface area contributed by atoms with Crippen molar-refractivity contribution in [1.82, 2.24) is 26.0 Å². The summed E-state index contributed by atoms with van der Waals surface area (Å²) in [7, 11) is 3.58. The van der Waals surface area contributed by atoms with Crippen LogP contribution in [0.4, 0.5) is 4.79 Å². The molecule has 0 radical (unpaired) electrons. The molecule has 0 bridgehead atoms. The molecule has 0 spiro atoms. The van der Waals surface area contributed by atoms with E-state index in [0.29, 0.717) is 5.11 Å². The zero-order chi connectivity index (χ0) is 17.7. The minimum atomic E-state index is -0.899. The molecule has 2 fully saturated rings. The number of hydrogen-bond donors (Lipinski definition) is 3. The van der Waals surface area contributed by atoms with Gasteiger partial charge < -0.3 is 5.32 Å². The second-order valence-electron chi connectivity index (χ2n) is 6.26. The zero-order valence-electron chi connectivity index (χ0n) is 14.0. The van der Waals surface area contributed by atoms with E-state index in [2.05, 4.69) is 16.2 Å². The second-order valence-corrected chi connectivity index (χ2v) is 6.67. The van der Waals surface area contributed by atoms with E-state index in [9.17, 15) is 4.79 Å². The highest BCUT2D eigenvalue weighted by molar-refractivity contribution is 7.80. The molecule has 4 rings (SSSR count). The largest absolute Gasteiger partial charge is 0.332 e. The number of urea groups is 1. The third-order valence-corrected chi connectivity index (χ3v) is 5.34. The number of carbonyl (C=O) groups excluding carboxylic acids is 1. The number of likely N-dealkylation sites (N-methyl/N-ethyl adjacent to an activating group) is 2. The smallest absolute Gasteiger partial charge is 0.323 e. The highest BCUT2D eigenvalue weighted by atomic mass is 32.1. The van der Waals surface area contributed by atoms with Crippen LogP contribution in [0.5, 0.6) is 0 Å². The normalized spacial score (nSPS) is 28.4. The summed E-state index contributed by atoms with van der Waals surface area (Å²) in [5, 5.41) is 3.81. The Hall–Kier alpha value is -2.64. The molecule has 2 aliphatic heterocycles. The van der Waals surface area contributed by atoms with Crippen LogP contribution >= 0.6 is 12.2 Å². The van der Waals surface area contributed by atoms with E-state index in [1.807, 2.05) is 60.7 Å². The molecule has 2 saturated heterocycles. The van der Waals surface area contributed by atoms with Crippen molar-refractivity contribution in [3.63, 3.8) is 0 Å². The van der Waals surface area contributed by atoms with Crippen molar-refractivity contribution in [3.05, 3.63) is 71.8 Å².